The van der Waals surface area contributed by atoms with Crippen LogP contribution in [0.3, 0.4) is 0 Å². The van der Waals surface area contributed by atoms with Crippen molar-refractivity contribution in [1.29, 1.82) is 0 Å². The zero-order chi connectivity index (χ0) is 21.0. The quantitative estimate of drug-likeness (QED) is 0.515. The van der Waals surface area contributed by atoms with Crippen molar-refractivity contribution in [1.82, 2.24) is 19.7 Å². The minimum absolute atomic E-state index is 0.0408. The van der Waals surface area contributed by atoms with Crippen molar-refractivity contribution in [3.05, 3.63) is 75.7 Å². The molecule has 1 aliphatic rings. The molecule has 2 N–H and O–H groups in total. The van der Waals surface area contributed by atoms with Gasteiger partial charge in [0.25, 0.3) is 5.56 Å². The van der Waals surface area contributed by atoms with Gasteiger partial charge in [0.15, 0.2) is 0 Å². The summed E-state index contributed by atoms with van der Waals surface area (Å²) in [6, 6.07) is 14.7. The first kappa shape index (κ1) is 18.1. The fourth-order valence-electron chi connectivity index (χ4n) is 4.06. The summed E-state index contributed by atoms with van der Waals surface area (Å²) >= 11 is 0. The fraction of sp³-hybridized carbons (Fsp3) is 0.182. The normalized spacial score (nSPS) is 16.7. The molecule has 30 heavy (non-hydrogen) atoms. The first-order valence-electron chi connectivity index (χ1n) is 9.64. The highest BCUT2D eigenvalue weighted by Crippen LogP contribution is 2.33. The number of carbonyl (C=O) groups excluding carboxylic acids is 2. The molecule has 0 unspecified atom stereocenters. The van der Waals surface area contributed by atoms with Crippen LogP contribution in [0.2, 0.25) is 0 Å². The van der Waals surface area contributed by atoms with Gasteiger partial charge in [0, 0.05) is 12.1 Å². The average Bonchev–Trinajstić information content (AvgIpc) is 3.35. The van der Waals surface area contributed by atoms with E-state index in [4.69, 9.17) is 0 Å². The molecule has 0 spiro atoms. The van der Waals surface area contributed by atoms with Gasteiger partial charge in [-0.2, -0.15) is 4.68 Å². The van der Waals surface area contributed by atoms with Crippen LogP contribution in [-0.2, 0) is 9.59 Å². The second-order valence-electron chi connectivity index (χ2n) is 7.53. The van der Waals surface area contributed by atoms with Gasteiger partial charge in [-0.05, 0) is 43.7 Å². The number of aryl methyl sites for hydroxylation is 2. The average molecular weight is 401 g/mol. The smallest absolute Gasteiger partial charge is 0.278 e. The number of anilines is 1. The van der Waals surface area contributed by atoms with Crippen molar-refractivity contribution in [3.8, 4) is 5.95 Å². The first-order chi connectivity index (χ1) is 14.4. The molecule has 3 heterocycles. The van der Waals surface area contributed by atoms with Crippen molar-refractivity contribution < 1.29 is 9.59 Å². The van der Waals surface area contributed by atoms with Gasteiger partial charge in [0.2, 0.25) is 17.8 Å². The Morgan fingerprint density at radius 3 is 2.60 bits per heavy atom. The molecule has 2 aromatic carbocycles. The van der Waals surface area contributed by atoms with Crippen LogP contribution in [0.4, 0.5) is 5.69 Å². The number of imidazole rings is 1. The van der Waals surface area contributed by atoms with Crippen LogP contribution in [0.15, 0.2) is 53.3 Å². The van der Waals surface area contributed by atoms with E-state index in [1.165, 1.54) is 9.58 Å². The van der Waals surface area contributed by atoms with Gasteiger partial charge in [-0.15, -0.1) is 0 Å². The summed E-state index contributed by atoms with van der Waals surface area (Å²) in [5.41, 5.74) is 3.45. The van der Waals surface area contributed by atoms with E-state index in [1.807, 2.05) is 37.3 Å². The molecule has 0 radical (unpaired) electrons. The van der Waals surface area contributed by atoms with Crippen LogP contribution in [0, 0.1) is 13.8 Å². The van der Waals surface area contributed by atoms with Gasteiger partial charge in [0.05, 0.1) is 28.2 Å². The van der Waals surface area contributed by atoms with Crippen LogP contribution < -0.4 is 10.5 Å². The third kappa shape index (κ3) is 2.68. The van der Waals surface area contributed by atoms with E-state index in [1.54, 1.807) is 25.1 Å². The van der Waals surface area contributed by atoms with E-state index in [0.717, 1.165) is 16.6 Å². The summed E-state index contributed by atoms with van der Waals surface area (Å²) in [6.07, 6.45) is -0.0408. The molecule has 5 rings (SSSR count). The third-order valence-electron chi connectivity index (χ3n) is 5.46. The van der Waals surface area contributed by atoms with E-state index in [9.17, 15) is 14.4 Å². The summed E-state index contributed by atoms with van der Waals surface area (Å²) in [5.74, 6) is -1.19. The van der Waals surface area contributed by atoms with Gasteiger partial charge in [0.1, 0.15) is 0 Å². The van der Waals surface area contributed by atoms with Crippen molar-refractivity contribution >= 4 is 28.5 Å². The van der Waals surface area contributed by atoms with Crippen molar-refractivity contribution in [2.75, 3.05) is 4.90 Å². The minimum Gasteiger partial charge on any atom is -0.322 e. The number of fused-ring (bicyclic) bond motifs is 1. The number of para-hydroxylation sites is 2. The lowest BCUT2D eigenvalue weighted by Crippen LogP contribution is -2.31. The molecule has 1 atom stereocenters. The van der Waals surface area contributed by atoms with Crippen LogP contribution in [-0.4, -0.2) is 31.6 Å². The molecule has 4 aromatic rings. The molecule has 1 fully saturated rings. The van der Waals surface area contributed by atoms with E-state index in [0.29, 0.717) is 22.9 Å². The Morgan fingerprint density at radius 1 is 1.03 bits per heavy atom. The lowest BCUT2D eigenvalue weighted by molar-refractivity contribution is -0.121. The van der Waals surface area contributed by atoms with E-state index in [2.05, 4.69) is 15.1 Å². The minimum atomic E-state index is -0.826. The number of nitrogens with one attached hydrogen (secondary N) is 2. The number of benzene rings is 2. The zero-order valence-corrected chi connectivity index (χ0v) is 16.5. The molecular weight excluding hydrogens is 382 g/mol. The molecule has 0 aliphatic carbocycles. The van der Waals surface area contributed by atoms with Crippen LogP contribution in [0.1, 0.15) is 29.2 Å². The van der Waals surface area contributed by atoms with E-state index < -0.39 is 5.92 Å². The van der Waals surface area contributed by atoms with Crippen molar-refractivity contribution in [2.45, 2.75) is 26.2 Å². The number of rotatable bonds is 3. The summed E-state index contributed by atoms with van der Waals surface area (Å²) in [6.45, 7) is 3.62. The Balaban J connectivity index is 1.56. The number of aromatic nitrogens is 4. The van der Waals surface area contributed by atoms with E-state index in [-0.39, 0.29) is 23.8 Å². The number of aromatic amines is 2. The van der Waals surface area contributed by atoms with Crippen LogP contribution in [0.25, 0.3) is 17.0 Å². The molecule has 0 bridgehead atoms. The topological polar surface area (TPSA) is 104 Å². The predicted molar refractivity (Wildman–Crippen MR) is 112 cm³/mol. The maximum absolute atomic E-state index is 13.2. The van der Waals surface area contributed by atoms with Crippen molar-refractivity contribution in [3.63, 3.8) is 0 Å². The first-order valence-corrected chi connectivity index (χ1v) is 9.64. The molecule has 150 valence electrons. The summed E-state index contributed by atoms with van der Waals surface area (Å²) < 4.78 is 1.29. The Labute approximate surface area is 171 Å². The monoisotopic (exact) mass is 401 g/mol. The molecule has 1 aliphatic heterocycles. The molecule has 2 aromatic heterocycles. The number of H-pyrrole nitrogens is 2. The molecule has 8 heteroatoms. The highest BCUT2D eigenvalue weighted by molar-refractivity contribution is 6.22. The number of carbonyl (C=O) groups is 2. The second-order valence-corrected chi connectivity index (χ2v) is 7.53. The van der Waals surface area contributed by atoms with Gasteiger partial charge in [-0.3, -0.25) is 19.5 Å². The number of amides is 2. The summed E-state index contributed by atoms with van der Waals surface area (Å²) in [7, 11) is 0. The summed E-state index contributed by atoms with van der Waals surface area (Å²) in [4.78, 5) is 47.7. The largest absolute Gasteiger partial charge is 0.322 e. The maximum Gasteiger partial charge on any atom is 0.278 e. The van der Waals surface area contributed by atoms with Gasteiger partial charge in [-0.1, -0.05) is 24.3 Å². The molecule has 0 saturated carbocycles. The number of imide groups is 1. The predicted octanol–water partition coefficient (Wildman–Crippen LogP) is 2.71. The maximum atomic E-state index is 13.2. The van der Waals surface area contributed by atoms with Gasteiger partial charge >= 0.3 is 0 Å². The second kappa shape index (κ2) is 6.55. The Morgan fingerprint density at radius 2 is 1.83 bits per heavy atom. The van der Waals surface area contributed by atoms with Gasteiger partial charge in [-0.25, -0.2) is 9.88 Å². The zero-order valence-electron chi connectivity index (χ0n) is 16.5. The van der Waals surface area contributed by atoms with Crippen molar-refractivity contribution in [2.24, 2.45) is 0 Å². The lowest BCUT2D eigenvalue weighted by atomic mass is 9.98. The Kier molecular flexibility index (Phi) is 3.95. The SMILES string of the molecule is Cc1cccc(N2C(=O)C[C@H](c3c(C)[nH]n(-c4nc5ccccc5[nH]4)c3=O)C2=O)c1. The molecule has 1 saturated heterocycles. The molecule has 8 nitrogen and oxygen atoms in total. The Bertz CT molecular complexity index is 1340. The highest BCUT2D eigenvalue weighted by atomic mass is 16.2. The van der Waals surface area contributed by atoms with E-state index >= 15 is 0 Å². The molecular formula is C22H19N5O3. The summed E-state index contributed by atoms with van der Waals surface area (Å²) in [5, 5.41) is 2.99. The Hall–Kier alpha value is -3.94. The number of hydrogen-bond donors (Lipinski definition) is 2. The number of nitrogens with zero attached hydrogens (tertiary/aromatic N) is 3. The van der Waals surface area contributed by atoms with Gasteiger partial charge < -0.3 is 4.98 Å². The van der Waals surface area contributed by atoms with Crippen LogP contribution in [0.5, 0.6) is 0 Å². The third-order valence-corrected chi connectivity index (χ3v) is 5.46. The number of hydrogen-bond acceptors (Lipinski definition) is 4. The molecule has 2 amide bonds. The highest BCUT2D eigenvalue weighted by Gasteiger charge is 2.43. The van der Waals surface area contributed by atoms with Crippen LogP contribution >= 0.6 is 0 Å². The fourth-order valence-corrected chi connectivity index (χ4v) is 4.06. The lowest BCUT2D eigenvalue weighted by Gasteiger charge is -2.15. The standard InChI is InChI=1S/C22H19N5O3/c1-12-6-5-7-14(10-12)26-18(28)11-15(20(26)29)19-13(2)25-27(21(19)30)22-23-16-8-3-4-9-17(16)24-22/h3-10,15,25H,11H2,1-2H3,(H,23,24)/t15-/m1/s1.